The molecule has 5 rings (SSSR count). The number of carbonyl (C=O) groups is 1. The van der Waals surface area contributed by atoms with E-state index >= 15 is 0 Å². The van der Waals surface area contributed by atoms with Crippen molar-refractivity contribution >= 4 is 11.5 Å². The fourth-order valence-corrected chi connectivity index (χ4v) is 5.87. The van der Waals surface area contributed by atoms with Gasteiger partial charge in [0.05, 0.1) is 32.3 Å². The Hall–Kier alpha value is -3.38. The normalized spacial score (nSPS) is 23.5. The lowest BCUT2D eigenvalue weighted by Gasteiger charge is -2.31. The maximum absolute atomic E-state index is 13.7. The first kappa shape index (κ1) is 23.4. The number of halogens is 1. The molecule has 1 aliphatic heterocycles. The number of aryl methyl sites for hydroxylation is 2. The second kappa shape index (κ2) is 9.00. The maximum Gasteiger partial charge on any atom is 0.309 e. The Labute approximate surface area is 205 Å². The van der Waals surface area contributed by atoms with Gasteiger partial charge in [0.15, 0.2) is 0 Å². The smallest absolute Gasteiger partial charge is 0.309 e. The third-order valence-electron chi connectivity index (χ3n) is 7.48. The first-order chi connectivity index (χ1) is 16.9. The van der Waals surface area contributed by atoms with Crippen molar-refractivity contribution in [3.05, 3.63) is 89.0 Å². The Kier molecular flexibility index (Phi) is 6.01. The number of rotatable bonds is 5. The number of hydrogen-bond donors (Lipinski definition) is 0. The van der Waals surface area contributed by atoms with Crippen LogP contribution in [0.1, 0.15) is 41.3 Å². The van der Waals surface area contributed by atoms with Gasteiger partial charge in [-0.3, -0.25) is 4.79 Å². The summed E-state index contributed by atoms with van der Waals surface area (Å²) < 4.78 is 33.3. The number of methoxy groups -OCH3 is 2. The van der Waals surface area contributed by atoms with Crippen molar-refractivity contribution in [1.82, 2.24) is 4.57 Å². The molecule has 0 N–H and O–H groups in total. The molecule has 35 heavy (non-hydrogen) atoms. The third-order valence-corrected chi connectivity index (χ3v) is 7.48. The SMILES string of the molecule is COC(=O)C1CCC2(C=C(c3cc(-n4c(C)ccc4C)ccc3OC)CO2)C1c1ccc(F)cc1. The molecule has 0 amide bonds. The molecule has 3 atom stereocenters. The summed E-state index contributed by atoms with van der Waals surface area (Å²) in [5.41, 5.74) is 5.54. The molecule has 1 aromatic heterocycles. The van der Waals surface area contributed by atoms with Gasteiger partial charge in [0.25, 0.3) is 0 Å². The summed E-state index contributed by atoms with van der Waals surface area (Å²) in [4.78, 5) is 12.7. The number of nitrogens with zero attached hydrogens (tertiary/aromatic N) is 1. The average Bonchev–Trinajstić information content (AvgIpc) is 3.56. The standard InChI is InChI=1S/C29H30FNO4/c1-18-5-6-19(2)31(18)23-11-12-26(33-3)25(15-23)21-16-29(35-17-21)14-13-24(28(32)34-4)27(29)20-7-9-22(30)10-8-20/h5-12,15-16,24,27H,13-14,17H2,1-4H3. The van der Waals surface area contributed by atoms with Crippen LogP contribution in [0, 0.1) is 25.6 Å². The van der Waals surface area contributed by atoms with Crippen molar-refractivity contribution in [1.29, 1.82) is 0 Å². The molecule has 2 aliphatic rings. The number of carbonyl (C=O) groups excluding carboxylic acids is 1. The molecule has 5 nitrogen and oxygen atoms in total. The number of benzene rings is 2. The van der Waals surface area contributed by atoms with Gasteiger partial charge in [-0.15, -0.1) is 0 Å². The van der Waals surface area contributed by atoms with Crippen molar-refractivity contribution in [2.75, 3.05) is 20.8 Å². The zero-order valence-corrected chi connectivity index (χ0v) is 20.5. The Morgan fingerprint density at radius 3 is 2.43 bits per heavy atom. The highest BCUT2D eigenvalue weighted by molar-refractivity contribution is 5.78. The summed E-state index contributed by atoms with van der Waals surface area (Å²) in [5, 5.41) is 0. The molecular weight excluding hydrogens is 445 g/mol. The fourth-order valence-electron chi connectivity index (χ4n) is 5.87. The second-order valence-corrected chi connectivity index (χ2v) is 9.45. The summed E-state index contributed by atoms with van der Waals surface area (Å²) in [7, 11) is 3.08. The van der Waals surface area contributed by atoms with E-state index in [1.165, 1.54) is 19.2 Å². The lowest BCUT2D eigenvalue weighted by molar-refractivity contribution is -0.146. The average molecular weight is 476 g/mol. The Morgan fingerprint density at radius 1 is 1.06 bits per heavy atom. The van der Waals surface area contributed by atoms with E-state index in [1.807, 2.05) is 6.07 Å². The number of ether oxygens (including phenoxy) is 3. The minimum Gasteiger partial charge on any atom is -0.496 e. The van der Waals surface area contributed by atoms with Crippen LogP contribution in [-0.2, 0) is 14.3 Å². The van der Waals surface area contributed by atoms with Gasteiger partial charge in [0.1, 0.15) is 11.6 Å². The maximum atomic E-state index is 13.7. The zero-order valence-electron chi connectivity index (χ0n) is 20.5. The minimum atomic E-state index is -0.674. The molecule has 3 unspecified atom stereocenters. The van der Waals surface area contributed by atoms with Crippen molar-refractivity contribution in [3.63, 3.8) is 0 Å². The summed E-state index contributed by atoms with van der Waals surface area (Å²) >= 11 is 0. The molecule has 0 radical (unpaired) electrons. The Balaban J connectivity index is 1.59. The summed E-state index contributed by atoms with van der Waals surface area (Å²) in [6.07, 6.45) is 3.47. The van der Waals surface area contributed by atoms with Crippen LogP contribution < -0.4 is 4.74 Å². The van der Waals surface area contributed by atoms with Crippen LogP contribution in [0.15, 0.2) is 60.7 Å². The van der Waals surface area contributed by atoms with E-state index in [0.29, 0.717) is 19.4 Å². The highest BCUT2D eigenvalue weighted by Crippen LogP contribution is 2.54. The van der Waals surface area contributed by atoms with Crippen molar-refractivity contribution in [3.8, 4) is 11.4 Å². The lowest BCUT2D eigenvalue weighted by atomic mass is 9.79. The molecular formula is C29H30FNO4. The summed E-state index contributed by atoms with van der Waals surface area (Å²) in [6.45, 7) is 4.57. The number of esters is 1. The first-order valence-corrected chi connectivity index (χ1v) is 11.9. The second-order valence-electron chi connectivity index (χ2n) is 9.45. The number of aromatic nitrogens is 1. The molecule has 1 aliphatic carbocycles. The van der Waals surface area contributed by atoms with E-state index < -0.39 is 5.60 Å². The monoisotopic (exact) mass is 475 g/mol. The van der Waals surface area contributed by atoms with E-state index in [0.717, 1.165) is 39.5 Å². The quantitative estimate of drug-likeness (QED) is 0.440. The van der Waals surface area contributed by atoms with Crippen molar-refractivity contribution < 1.29 is 23.4 Å². The molecule has 0 saturated heterocycles. The van der Waals surface area contributed by atoms with E-state index in [4.69, 9.17) is 14.2 Å². The zero-order chi connectivity index (χ0) is 24.7. The van der Waals surface area contributed by atoms with Crippen LogP contribution in [0.4, 0.5) is 4.39 Å². The molecule has 2 heterocycles. The van der Waals surface area contributed by atoms with Gasteiger partial charge in [-0.05, 0) is 86.4 Å². The molecule has 3 aromatic rings. The van der Waals surface area contributed by atoms with Gasteiger partial charge < -0.3 is 18.8 Å². The Morgan fingerprint density at radius 2 is 1.77 bits per heavy atom. The summed E-state index contributed by atoms with van der Waals surface area (Å²) in [5.74, 6) is -0.435. The van der Waals surface area contributed by atoms with Crippen molar-refractivity contribution in [2.24, 2.45) is 5.92 Å². The largest absolute Gasteiger partial charge is 0.496 e. The van der Waals surface area contributed by atoms with Gasteiger partial charge >= 0.3 is 5.97 Å². The number of hydrogen-bond acceptors (Lipinski definition) is 4. The van der Waals surface area contributed by atoms with E-state index in [-0.39, 0.29) is 23.6 Å². The van der Waals surface area contributed by atoms with Gasteiger partial charge in [-0.1, -0.05) is 12.1 Å². The van der Waals surface area contributed by atoms with Crippen molar-refractivity contribution in [2.45, 2.75) is 38.2 Å². The van der Waals surface area contributed by atoms with Crippen LogP contribution in [0.2, 0.25) is 0 Å². The highest BCUT2D eigenvalue weighted by Gasteiger charge is 2.54. The molecule has 2 aromatic carbocycles. The van der Waals surface area contributed by atoms with Gasteiger partial charge in [0, 0.05) is 28.6 Å². The molecule has 0 bridgehead atoms. The molecule has 1 saturated carbocycles. The molecule has 6 heteroatoms. The van der Waals surface area contributed by atoms with Crippen LogP contribution in [0.3, 0.4) is 0 Å². The molecule has 1 spiro atoms. The van der Waals surface area contributed by atoms with Crippen LogP contribution >= 0.6 is 0 Å². The topological polar surface area (TPSA) is 49.7 Å². The van der Waals surface area contributed by atoms with E-state index in [1.54, 1.807) is 19.2 Å². The van der Waals surface area contributed by atoms with Crippen LogP contribution in [-0.4, -0.2) is 37.0 Å². The van der Waals surface area contributed by atoms with Gasteiger partial charge in [-0.2, -0.15) is 0 Å². The predicted octanol–water partition coefficient (Wildman–Crippen LogP) is 5.76. The third kappa shape index (κ3) is 3.96. The highest BCUT2D eigenvalue weighted by atomic mass is 19.1. The molecule has 182 valence electrons. The fraction of sp³-hybridized carbons (Fsp3) is 0.345. The first-order valence-electron chi connectivity index (χ1n) is 11.9. The van der Waals surface area contributed by atoms with E-state index in [2.05, 4.69) is 48.8 Å². The van der Waals surface area contributed by atoms with E-state index in [9.17, 15) is 9.18 Å². The predicted molar refractivity (Wildman–Crippen MR) is 132 cm³/mol. The minimum absolute atomic E-state index is 0.264. The molecule has 1 fully saturated rings. The Bertz CT molecular complexity index is 1270. The summed E-state index contributed by atoms with van der Waals surface area (Å²) in [6, 6.07) is 16.7. The van der Waals surface area contributed by atoms with Gasteiger partial charge in [-0.25, -0.2) is 4.39 Å². The van der Waals surface area contributed by atoms with Gasteiger partial charge in [0.2, 0.25) is 0 Å². The van der Waals surface area contributed by atoms with Crippen LogP contribution in [0.5, 0.6) is 5.75 Å². The lowest BCUT2D eigenvalue weighted by Crippen LogP contribution is -2.34. The van der Waals surface area contributed by atoms with Crippen LogP contribution in [0.25, 0.3) is 11.3 Å².